The SMILES string of the molecule is COC(=O)c1ccc(S(=O)(=O)NC2CCOCC2)c(N)c1. The van der Waals surface area contributed by atoms with Gasteiger partial charge >= 0.3 is 5.97 Å². The molecule has 0 spiro atoms. The molecule has 0 aromatic heterocycles. The van der Waals surface area contributed by atoms with Gasteiger partial charge in [0.2, 0.25) is 10.0 Å². The van der Waals surface area contributed by atoms with E-state index in [0.717, 1.165) is 0 Å². The standard InChI is InChI=1S/C13H18N2O5S/c1-19-13(16)9-2-3-12(11(14)8-9)21(17,18)15-10-4-6-20-7-5-10/h2-3,8,10,15H,4-7,14H2,1H3. The van der Waals surface area contributed by atoms with E-state index in [1.54, 1.807) is 0 Å². The van der Waals surface area contributed by atoms with E-state index in [1.807, 2.05) is 0 Å². The van der Waals surface area contributed by atoms with Gasteiger partial charge < -0.3 is 15.2 Å². The Morgan fingerprint density at radius 3 is 2.62 bits per heavy atom. The first-order chi connectivity index (χ1) is 9.94. The molecule has 1 aromatic carbocycles. The number of carbonyl (C=O) groups is 1. The van der Waals surface area contributed by atoms with Gasteiger partial charge in [-0.3, -0.25) is 0 Å². The molecular formula is C13H18N2O5S. The van der Waals surface area contributed by atoms with Crippen LogP contribution in [-0.4, -0.2) is 40.8 Å². The van der Waals surface area contributed by atoms with Crippen molar-refractivity contribution in [3.05, 3.63) is 23.8 Å². The molecule has 116 valence electrons. The summed E-state index contributed by atoms with van der Waals surface area (Å²) < 4.78 is 37.0. The average Bonchev–Trinajstić information content (AvgIpc) is 2.46. The molecule has 0 unspecified atom stereocenters. The highest BCUT2D eigenvalue weighted by Gasteiger charge is 2.24. The van der Waals surface area contributed by atoms with Gasteiger partial charge in [0.1, 0.15) is 4.90 Å². The molecule has 0 atom stereocenters. The molecule has 1 aromatic rings. The van der Waals surface area contributed by atoms with E-state index in [-0.39, 0.29) is 22.2 Å². The molecule has 8 heteroatoms. The van der Waals surface area contributed by atoms with Crippen LogP contribution in [0.15, 0.2) is 23.1 Å². The van der Waals surface area contributed by atoms with Gasteiger partial charge in [-0.05, 0) is 31.0 Å². The topological polar surface area (TPSA) is 108 Å². The van der Waals surface area contributed by atoms with E-state index < -0.39 is 16.0 Å². The maximum Gasteiger partial charge on any atom is 0.337 e. The Balaban J connectivity index is 2.21. The number of sulfonamides is 1. The van der Waals surface area contributed by atoms with Gasteiger partial charge in [-0.1, -0.05) is 0 Å². The fourth-order valence-electron chi connectivity index (χ4n) is 2.14. The highest BCUT2D eigenvalue weighted by Crippen LogP contribution is 2.21. The van der Waals surface area contributed by atoms with Crippen molar-refractivity contribution in [1.29, 1.82) is 0 Å². The Kier molecular flexibility index (Phi) is 4.81. The highest BCUT2D eigenvalue weighted by atomic mass is 32.2. The summed E-state index contributed by atoms with van der Waals surface area (Å²) in [6.07, 6.45) is 1.25. The fraction of sp³-hybridized carbons (Fsp3) is 0.462. The van der Waals surface area contributed by atoms with Crippen LogP contribution in [-0.2, 0) is 19.5 Å². The summed E-state index contributed by atoms with van der Waals surface area (Å²) >= 11 is 0. The molecule has 0 saturated carbocycles. The van der Waals surface area contributed by atoms with E-state index in [4.69, 9.17) is 10.5 Å². The van der Waals surface area contributed by atoms with Crippen molar-refractivity contribution in [2.45, 2.75) is 23.8 Å². The van der Waals surface area contributed by atoms with Gasteiger partial charge in [0.25, 0.3) is 0 Å². The molecule has 7 nitrogen and oxygen atoms in total. The van der Waals surface area contributed by atoms with E-state index in [1.165, 1.54) is 25.3 Å². The second-order valence-electron chi connectivity index (χ2n) is 4.75. The van der Waals surface area contributed by atoms with Crippen LogP contribution in [0, 0.1) is 0 Å². The van der Waals surface area contributed by atoms with E-state index >= 15 is 0 Å². The Morgan fingerprint density at radius 2 is 2.05 bits per heavy atom. The van der Waals surface area contributed by atoms with Gasteiger partial charge in [0.15, 0.2) is 0 Å². The monoisotopic (exact) mass is 314 g/mol. The second kappa shape index (κ2) is 6.42. The van der Waals surface area contributed by atoms with Crippen LogP contribution in [0.4, 0.5) is 5.69 Å². The summed E-state index contributed by atoms with van der Waals surface area (Å²) in [7, 11) is -2.48. The van der Waals surface area contributed by atoms with Crippen LogP contribution in [0.2, 0.25) is 0 Å². The lowest BCUT2D eigenvalue weighted by molar-refractivity contribution is 0.0600. The molecule has 3 N–H and O–H groups in total. The third kappa shape index (κ3) is 3.72. The number of nitrogens with two attached hydrogens (primary N) is 1. The lowest BCUT2D eigenvalue weighted by atomic mass is 10.1. The largest absolute Gasteiger partial charge is 0.465 e. The van der Waals surface area contributed by atoms with Crippen LogP contribution in [0.25, 0.3) is 0 Å². The molecule has 0 radical (unpaired) electrons. The molecule has 1 heterocycles. The number of rotatable bonds is 4. The van der Waals surface area contributed by atoms with Gasteiger partial charge in [-0.15, -0.1) is 0 Å². The Bertz CT molecular complexity index is 623. The summed E-state index contributed by atoms with van der Waals surface area (Å²) in [5, 5.41) is 0. The molecule has 0 bridgehead atoms. The van der Waals surface area contributed by atoms with Crippen molar-refractivity contribution in [3.8, 4) is 0 Å². The lowest BCUT2D eigenvalue weighted by Gasteiger charge is -2.23. The smallest absolute Gasteiger partial charge is 0.337 e. The zero-order valence-corrected chi connectivity index (χ0v) is 12.5. The summed E-state index contributed by atoms with van der Waals surface area (Å²) in [4.78, 5) is 11.3. The molecule has 1 aliphatic rings. The van der Waals surface area contributed by atoms with Crippen LogP contribution >= 0.6 is 0 Å². The third-order valence-corrected chi connectivity index (χ3v) is 4.86. The van der Waals surface area contributed by atoms with Gasteiger partial charge in [-0.2, -0.15) is 0 Å². The zero-order chi connectivity index (χ0) is 15.5. The number of hydrogen-bond acceptors (Lipinski definition) is 6. The number of anilines is 1. The Morgan fingerprint density at radius 1 is 1.38 bits per heavy atom. The summed E-state index contributed by atoms with van der Waals surface area (Å²) in [6, 6.07) is 3.82. The first-order valence-corrected chi connectivity index (χ1v) is 8.00. The van der Waals surface area contributed by atoms with E-state index in [9.17, 15) is 13.2 Å². The van der Waals surface area contributed by atoms with Crippen LogP contribution in [0.5, 0.6) is 0 Å². The number of hydrogen-bond donors (Lipinski definition) is 2. The van der Waals surface area contributed by atoms with Crippen molar-refractivity contribution >= 4 is 21.7 Å². The average molecular weight is 314 g/mol. The number of nitrogen functional groups attached to an aromatic ring is 1. The number of benzene rings is 1. The van der Waals surface area contributed by atoms with Crippen LogP contribution < -0.4 is 10.5 Å². The molecule has 2 rings (SSSR count). The summed E-state index contributed by atoms with van der Waals surface area (Å²) in [5.74, 6) is -0.567. The van der Waals surface area contributed by atoms with Gasteiger partial charge in [-0.25, -0.2) is 17.9 Å². The maximum atomic E-state index is 12.3. The van der Waals surface area contributed by atoms with Crippen molar-refractivity contribution in [1.82, 2.24) is 4.72 Å². The quantitative estimate of drug-likeness (QED) is 0.619. The van der Waals surface area contributed by atoms with Crippen molar-refractivity contribution < 1.29 is 22.7 Å². The van der Waals surface area contributed by atoms with E-state index in [0.29, 0.717) is 26.1 Å². The van der Waals surface area contributed by atoms with Crippen LogP contribution in [0.3, 0.4) is 0 Å². The number of esters is 1. The van der Waals surface area contributed by atoms with Crippen LogP contribution in [0.1, 0.15) is 23.2 Å². The van der Waals surface area contributed by atoms with Crippen molar-refractivity contribution in [2.75, 3.05) is 26.1 Å². The molecule has 21 heavy (non-hydrogen) atoms. The summed E-state index contributed by atoms with van der Waals surface area (Å²) in [5.41, 5.74) is 5.97. The Labute approximate surface area is 123 Å². The zero-order valence-electron chi connectivity index (χ0n) is 11.7. The molecule has 0 amide bonds. The molecule has 1 fully saturated rings. The van der Waals surface area contributed by atoms with Gasteiger partial charge in [0, 0.05) is 19.3 Å². The van der Waals surface area contributed by atoms with E-state index in [2.05, 4.69) is 9.46 Å². The lowest BCUT2D eigenvalue weighted by Crippen LogP contribution is -2.39. The third-order valence-electron chi connectivity index (χ3n) is 3.26. The predicted octanol–water partition coefficient (Wildman–Crippen LogP) is 0.513. The Hall–Kier alpha value is -1.64. The number of carbonyl (C=O) groups excluding carboxylic acids is 1. The molecular weight excluding hydrogens is 296 g/mol. The number of methoxy groups -OCH3 is 1. The minimum Gasteiger partial charge on any atom is -0.465 e. The minimum absolute atomic E-state index is 0.0115. The summed E-state index contributed by atoms with van der Waals surface area (Å²) in [6.45, 7) is 1.06. The second-order valence-corrected chi connectivity index (χ2v) is 6.43. The number of nitrogens with one attached hydrogen (secondary N) is 1. The predicted molar refractivity (Wildman–Crippen MR) is 76.4 cm³/mol. The highest BCUT2D eigenvalue weighted by molar-refractivity contribution is 7.89. The van der Waals surface area contributed by atoms with Crippen molar-refractivity contribution in [3.63, 3.8) is 0 Å². The number of ether oxygens (including phenoxy) is 2. The first-order valence-electron chi connectivity index (χ1n) is 6.52. The van der Waals surface area contributed by atoms with Gasteiger partial charge in [0.05, 0.1) is 18.4 Å². The first kappa shape index (κ1) is 15.7. The minimum atomic E-state index is -3.72. The molecule has 1 aliphatic heterocycles. The molecule has 1 saturated heterocycles. The maximum absolute atomic E-state index is 12.3. The molecule has 0 aliphatic carbocycles. The van der Waals surface area contributed by atoms with Crippen molar-refractivity contribution in [2.24, 2.45) is 0 Å². The fourth-order valence-corrected chi connectivity index (χ4v) is 3.55. The normalized spacial score (nSPS) is 16.6.